The summed E-state index contributed by atoms with van der Waals surface area (Å²) in [4.78, 5) is 32.9. The van der Waals surface area contributed by atoms with Crippen molar-refractivity contribution in [1.29, 1.82) is 0 Å². The third kappa shape index (κ3) is 9.44. The zero-order valence-corrected chi connectivity index (χ0v) is 46.4. The molecule has 3 saturated carbocycles. The number of phenols is 1. The summed E-state index contributed by atoms with van der Waals surface area (Å²) in [6, 6.07) is 18.1. The highest BCUT2D eigenvalue weighted by Crippen LogP contribution is 2.68. The molecule has 4 aromatic rings. The van der Waals surface area contributed by atoms with Crippen LogP contribution in [0.4, 0.5) is 0 Å². The lowest BCUT2D eigenvalue weighted by Crippen LogP contribution is -2.67. The average molecular weight is 1070 g/mol. The van der Waals surface area contributed by atoms with Crippen molar-refractivity contribution < 1.29 is 39.9 Å². The van der Waals surface area contributed by atoms with Gasteiger partial charge < -0.3 is 56.9 Å². The van der Waals surface area contributed by atoms with Gasteiger partial charge in [0.2, 0.25) is 0 Å². The molecule has 6 aliphatic carbocycles. The molecule has 12 rings (SSSR count). The number of carbonyl (C=O) groups is 2. The highest BCUT2D eigenvalue weighted by molar-refractivity contribution is 5.89. The van der Waals surface area contributed by atoms with E-state index in [4.69, 9.17) is 10.5 Å². The first-order chi connectivity index (χ1) is 38.4. The highest BCUT2D eigenvalue weighted by atomic mass is 16.5. The molecule has 1 saturated heterocycles. The maximum Gasteiger partial charge on any atom is 0.160 e. The Labute approximate surface area is 465 Å². The number of aliphatic hydroxyl groups is 4. The number of piperidine rings is 1. The summed E-state index contributed by atoms with van der Waals surface area (Å²) in [7, 11) is 1.50. The predicted molar refractivity (Wildman–Crippen MR) is 305 cm³/mol. The molecule has 17 unspecified atom stereocenters. The highest BCUT2D eigenvalue weighted by Gasteiger charge is 2.65. The number of ether oxygens (including phenoxy) is 1. The van der Waals surface area contributed by atoms with Gasteiger partial charge in [-0.25, -0.2) is 0 Å². The number of aromatic hydroxyl groups is 1. The number of H-pyrrole nitrogens is 1. The van der Waals surface area contributed by atoms with Gasteiger partial charge in [-0.1, -0.05) is 68.2 Å². The molecule has 0 amide bonds. The van der Waals surface area contributed by atoms with E-state index in [2.05, 4.69) is 83.2 Å². The second-order valence-electron chi connectivity index (χ2n) is 25.0. The van der Waals surface area contributed by atoms with Gasteiger partial charge in [0.1, 0.15) is 11.2 Å². The molecule has 13 nitrogen and oxygen atoms in total. The van der Waals surface area contributed by atoms with Crippen LogP contribution in [0.15, 0.2) is 83.8 Å². The molecule has 79 heavy (non-hydrogen) atoms. The lowest BCUT2D eigenvalue weighted by atomic mass is 9.41. The summed E-state index contributed by atoms with van der Waals surface area (Å²) in [6.07, 6.45) is 7.60. The van der Waals surface area contributed by atoms with Gasteiger partial charge in [0.15, 0.2) is 17.3 Å². The number of aromatic amines is 1. The van der Waals surface area contributed by atoms with Crippen LogP contribution in [-0.2, 0) is 22.4 Å². The third-order valence-corrected chi connectivity index (χ3v) is 21.4. The van der Waals surface area contributed by atoms with E-state index in [1.165, 1.54) is 29.5 Å². The number of fused-ring (bicyclic) bond motifs is 3. The van der Waals surface area contributed by atoms with E-state index in [-0.39, 0.29) is 96.5 Å². The van der Waals surface area contributed by atoms with Gasteiger partial charge in [-0.3, -0.25) is 9.59 Å². The molecular formula is C66H83N5O8. The number of allylic oxidation sites excluding steroid dienone is 2. The minimum Gasteiger partial charge on any atom is -0.504 e. The smallest absolute Gasteiger partial charge is 0.160 e. The summed E-state index contributed by atoms with van der Waals surface area (Å²) in [5.74, 6) is 9.37. The fourth-order valence-electron chi connectivity index (χ4n) is 17.9. The number of methoxy groups -OCH3 is 1. The molecule has 1 spiro atoms. The van der Waals surface area contributed by atoms with Crippen LogP contribution in [0.2, 0.25) is 0 Å². The number of benzene rings is 3. The number of nitrogens with two attached hydrogens (primary N) is 1. The summed E-state index contributed by atoms with van der Waals surface area (Å²) < 4.78 is 5.60. The van der Waals surface area contributed by atoms with Crippen molar-refractivity contribution in [2.45, 2.75) is 145 Å². The van der Waals surface area contributed by atoms with E-state index < -0.39 is 29.6 Å². The van der Waals surface area contributed by atoms with Gasteiger partial charge in [-0.05, 0) is 200 Å². The van der Waals surface area contributed by atoms with E-state index in [1.807, 2.05) is 18.2 Å². The Balaban J connectivity index is 0.874. The molecule has 0 bridgehead atoms. The fraction of sp³-hybridized carbons (Fsp3) is 0.576. The molecule has 1 aromatic heterocycles. The molecule has 17 atom stereocenters. The Kier molecular flexibility index (Phi) is 15.2. The van der Waals surface area contributed by atoms with Crippen molar-refractivity contribution in [2.75, 3.05) is 39.9 Å². The van der Waals surface area contributed by atoms with Crippen LogP contribution in [0.25, 0.3) is 10.8 Å². The lowest BCUT2D eigenvalue weighted by Gasteiger charge is -2.65. The minimum atomic E-state index is -1.37. The van der Waals surface area contributed by atoms with Crippen molar-refractivity contribution in [3.8, 4) is 23.3 Å². The summed E-state index contributed by atoms with van der Waals surface area (Å²) in [6.45, 7) is 7.45. The second kappa shape index (κ2) is 22.1. The number of aliphatic hydroxyl groups excluding tert-OH is 4. The zero-order valence-electron chi connectivity index (χ0n) is 46.4. The Bertz CT molecular complexity index is 3100. The number of nitrogens with one attached hydrogen (secondary N) is 4. The number of rotatable bonds is 16. The first kappa shape index (κ1) is 54.1. The standard InChI is InChI=1S/C66H83N5O8/c1-4-35-31-70-58(67)29-47(35)46(38-13-12-36-9-6-7-10-37(36)23-38)28-53(75)52(74)24-40-18-20-66(56(77)17-15-39-25-55(79-3)54(76)27-45(39)40)21-19-41(26-57(66)78)59-43(11-8-22-72)48-34-69-50-30-51(73)44-16-14-42-32-71-65-60(42)61(44)64(50)62(48)63(65)49(59)33-68-5-2/h6-7,9-10,12-13,23,25,27,29,32,40-41,43-44,46,48-50,52-53,57,59,61-64,68-72,74-76,78H,4-5,8,11,14-17,19,21-22,24,26,28,30-31,33-34,67H2,1-3H3. The van der Waals surface area contributed by atoms with Crippen molar-refractivity contribution in [3.63, 3.8) is 0 Å². The molecule has 2 aliphatic heterocycles. The topological polar surface area (TPSA) is 222 Å². The van der Waals surface area contributed by atoms with Crippen LogP contribution in [-0.4, -0.2) is 106 Å². The van der Waals surface area contributed by atoms with Crippen molar-refractivity contribution >= 4 is 22.3 Å². The molecule has 8 aliphatic rings. The molecule has 3 aromatic carbocycles. The number of ketones is 2. The molecule has 3 heterocycles. The Morgan fingerprint density at radius 3 is 2.57 bits per heavy atom. The maximum absolute atomic E-state index is 15.1. The van der Waals surface area contributed by atoms with Crippen LogP contribution in [0.3, 0.4) is 0 Å². The molecular weight excluding hydrogens is 991 g/mol. The van der Waals surface area contributed by atoms with Crippen LogP contribution in [0.1, 0.15) is 142 Å². The van der Waals surface area contributed by atoms with Gasteiger partial charge >= 0.3 is 0 Å². The van der Waals surface area contributed by atoms with Crippen molar-refractivity contribution in [3.05, 3.63) is 117 Å². The van der Waals surface area contributed by atoms with E-state index in [9.17, 15) is 30.3 Å². The van der Waals surface area contributed by atoms with Gasteiger partial charge in [-0.15, -0.1) is 0 Å². The lowest BCUT2D eigenvalue weighted by molar-refractivity contribution is -0.144. The number of aryl methyl sites for hydroxylation is 2. The van der Waals surface area contributed by atoms with Gasteiger partial charge in [0.05, 0.1) is 31.2 Å². The number of carbonyl (C=O) groups excluding carboxylic acids is 2. The van der Waals surface area contributed by atoms with Crippen LogP contribution in [0.5, 0.6) is 11.5 Å². The minimum absolute atomic E-state index is 0.0122. The van der Waals surface area contributed by atoms with Crippen LogP contribution in [0, 0.1) is 64.6 Å². The number of hydrogen-bond donors (Lipinski definition) is 10. The Morgan fingerprint density at radius 1 is 0.949 bits per heavy atom. The number of hydrogen-bond acceptors (Lipinski definition) is 12. The average Bonchev–Trinajstić information content (AvgIpc) is 4.13. The van der Waals surface area contributed by atoms with Gasteiger partial charge in [-0.2, -0.15) is 0 Å². The van der Waals surface area contributed by atoms with Crippen LogP contribution < -0.4 is 26.4 Å². The third-order valence-electron chi connectivity index (χ3n) is 21.4. The number of phenolic OH excluding ortho intramolecular Hbond substituents is 1. The fourth-order valence-corrected chi connectivity index (χ4v) is 17.9. The van der Waals surface area contributed by atoms with E-state index >= 15 is 4.79 Å². The quantitative estimate of drug-likeness (QED) is 0.0493. The summed E-state index contributed by atoms with van der Waals surface area (Å²) in [5, 5.41) is 72.7. The largest absolute Gasteiger partial charge is 0.504 e. The summed E-state index contributed by atoms with van der Waals surface area (Å²) in [5.41, 5.74) is 13.8. The number of aromatic nitrogens is 1. The first-order valence-corrected chi connectivity index (χ1v) is 30.0. The zero-order chi connectivity index (χ0) is 54.9. The molecule has 13 heteroatoms. The second-order valence-corrected chi connectivity index (χ2v) is 25.0. The number of dihydropyridines is 1. The van der Waals surface area contributed by atoms with E-state index in [1.54, 1.807) is 12.1 Å². The summed E-state index contributed by atoms with van der Waals surface area (Å²) >= 11 is 0. The molecule has 11 N–H and O–H groups in total. The SMILES string of the molecule is CCNCC1C2c3[nH]cc4c3C3C(CC4)C(=O)CC4NCC(C(CCCO)C1C1CCC5(C#CC(CC(O)C(O)CC(C6=C(CC)CNC(N)=C6)c6ccc7ccccc7c6)c6cc(O)c(OC)cc6CCC5=O)C(O)C1)C2C43. The predicted octanol–water partition coefficient (Wildman–Crippen LogP) is 7.51. The van der Waals surface area contributed by atoms with Gasteiger partial charge in [0.25, 0.3) is 0 Å². The first-order valence-electron chi connectivity index (χ1n) is 30.0. The Hall–Kier alpha value is -5.46. The Morgan fingerprint density at radius 2 is 1.78 bits per heavy atom. The van der Waals surface area contributed by atoms with Crippen molar-refractivity contribution in [2.24, 2.45) is 58.5 Å². The maximum atomic E-state index is 15.1. The molecule has 420 valence electrons. The van der Waals surface area contributed by atoms with Crippen molar-refractivity contribution in [1.82, 2.24) is 20.9 Å². The van der Waals surface area contributed by atoms with E-state index in [0.717, 1.165) is 72.8 Å². The molecule has 0 radical (unpaired) electrons. The number of Topliss-reactive ketones (excluding diaryl/α,β-unsaturated/α-hetero) is 2. The van der Waals surface area contributed by atoms with E-state index in [0.29, 0.717) is 80.0 Å². The van der Waals surface area contributed by atoms with Crippen LogP contribution >= 0.6 is 0 Å². The molecule has 4 fully saturated rings. The van der Waals surface area contributed by atoms with Gasteiger partial charge in [0, 0.05) is 73.5 Å². The normalized spacial score (nSPS) is 33.7. The monoisotopic (exact) mass is 1070 g/mol.